The zero-order valence-electron chi connectivity index (χ0n) is 16.8. The number of rotatable bonds is 5. The van der Waals surface area contributed by atoms with Gasteiger partial charge in [-0.3, -0.25) is 4.79 Å². The van der Waals surface area contributed by atoms with E-state index in [1.165, 1.54) is 19.3 Å². The summed E-state index contributed by atoms with van der Waals surface area (Å²) in [6, 6.07) is 11.6. The first-order valence-corrected chi connectivity index (χ1v) is 9.43. The number of aromatic nitrogens is 3. The Morgan fingerprint density at radius 2 is 1.94 bits per heavy atom. The van der Waals surface area contributed by atoms with Gasteiger partial charge in [0.05, 0.1) is 7.11 Å². The summed E-state index contributed by atoms with van der Waals surface area (Å²) in [6.45, 7) is 0. The summed E-state index contributed by atoms with van der Waals surface area (Å²) >= 11 is 0. The lowest BCUT2D eigenvalue weighted by atomic mass is 10.0. The van der Waals surface area contributed by atoms with Crippen LogP contribution in [0.4, 0.5) is 13.2 Å². The molecule has 9 heteroatoms. The average molecular weight is 438 g/mol. The van der Waals surface area contributed by atoms with Crippen molar-refractivity contribution in [2.45, 2.75) is 6.18 Å². The van der Waals surface area contributed by atoms with E-state index in [1.54, 1.807) is 18.5 Å². The highest BCUT2D eigenvalue weighted by atomic mass is 19.4. The Labute approximate surface area is 180 Å². The van der Waals surface area contributed by atoms with Crippen LogP contribution in [0.25, 0.3) is 39.4 Å². The van der Waals surface area contributed by atoms with E-state index in [9.17, 15) is 18.0 Å². The van der Waals surface area contributed by atoms with Crippen LogP contribution in [0.2, 0.25) is 0 Å². The summed E-state index contributed by atoms with van der Waals surface area (Å²) in [5.41, 5.74) is 7.80. The number of ether oxygens (including phenoxy) is 1. The minimum atomic E-state index is -4.61. The minimum absolute atomic E-state index is 0.137. The number of aromatic amines is 1. The molecular weight excluding hydrogens is 421 g/mol. The number of benzene rings is 1. The number of H-pyrrole nitrogens is 1. The van der Waals surface area contributed by atoms with Crippen molar-refractivity contribution in [3.05, 3.63) is 72.2 Å². The number of methoxy groups -OCH3 is 1. The van der Waals surface area contributed by atoms with Gasteiger partial charge < -0.3 is 15.5 Å². The maximum absolute atomic E-state index is 13.3. The van der Waals surface area contributed by atoms with Crippen LogP contribution in [0.15, 0.2) is 60.9 Å². The predicted octanol–water partition coefficient (Wildman–Crippen LogP) is 4.82. The molecular formula is C23H17F3N4O2. The van der Waals surface area contributed by atoms with E-state index >= 15 is 0 Å². The van der Waals surface area contributed by atoms with Crippen molar-refractivity contribution in [2.24, 2.45) is 5.73 Å². The number of primary amides is 1. The summed E-state index contributed by atoms with van der Waals surface area (Å²) in [5, 5.41) is 0.641. The van der Waals surface area contributed by atoms with Crippen molar-refractivity contribution < 1.29 is 22.7 Å². The number of hydrogen-bond donors (Lipinski definition) is 2. The zero-order chi connectivity index (χ0) is 22.9. The third kappa shape index (κ3) is 4.31. The van der Waals surface area contributed by atoms with Crippen LogP contribution in [-0.2, 0) is 11.0 Å². The number of nitrogens with zero attached hydrogens (tertiary/aromatic N) is 2. The number of carbonyl (C=O) groups excluding carboxylic acids is 1. The Balaban J connectivity index is 1.82. The second-order valence-corrected chi connectivity index (χ2v) is 6.96. The number of fused-ring (bicyclic) bond motifs is 1. The molecule has 32 heavy (non-hydrogen) atoms. The fraction of sp³-hybridized carbons (Fsp3) is 0.0870. The van der Waals surface area contributed by atoms with Gasteiger partial charge in [0.1, 0.15) is 11.3 Å². The van der Waals surface area contributed by atoms with Crippen molar-refractivity contribution in [1.82, 2.24) is 15.0 Å². The van der Waals surface area contributed by atoms with Crippen LogP contribution in [0, 0.1) is 0 Å². The summed E-state index contributed by atoms with van der Waals surface area (Å²) < 4.78 is 44.9. The fourth-order valence-corrected chi connectivity index (χ4v) is 3.31. The van der Waals surface area contributed by atoms with Crippen molar-refractivity contribution in [3.63, 3.8) is 0 Å². The summed E-state index contributed by atoms with van der Waals surface area (Å²) in [7, 11) is 1.26. The maximum atomic E-state index is 13.3. The number of halogens is 3. The first-order valence-electron chi connectivity index (χ1n) is 9.43. The van der Waals surface area contributed by atoms with Gasteiger partial charge in [0, 0.05) is 41.0 Å². The highest BCUT2D eigenvalue weighted by Gasteiger charge is 2.33. The standard InChI is InChI=1S/C23H17F3N4O2/c1-32-21-10-15(9-19(30-21)23(24,25)26)18-12-29-22-17(18)8-16(11-28-22)14-4-2-3-13(7-14)5-6-20(27)31/h2-12H,1H3,(H2,27,31)(H,28,29). The maximum Gasteiger partial charge on any atom is 0.433 e. The Kier molecular flexibility index (Phi) is 5.40. The molecule has 162 valence electrons. The molecule has 0 aliphatic rings. The van der Waals surface area contributed by atoms with Crippen molar-refractivity contribution >= 4 is 23.0 Å². The molecule has 1 aromatic carbocycles. The van der Waals surface area contributed by atoms with Crippen LogP contribution in [-0.4, -0.2) is 28.0 Å². The number of hydrogen-bond acceptors (Lipinski definition) is 4. The molecule has 0 aliphatic carbocycles. The van der Waals surface area contributed by atoms with E-state index in [1.807, 2.05) is 30.3 Å². The molecule has 6 nitrogen and oxygen atoms in total. The SMILES string of the molecule is COc1cc(-c2c[nH]c3ncc(-c4cccc(C=CC(N)=O)c4)cc23)cc(C(F)(F)F)n1. The Hall–Kier alpha value is -4.14. The zero-order valence-corrected chi connectivity index (χ0v) is 16.8. The number of pyridine rings is 2. The Bertz CT molecular complexity index is 1340. The van der Waals surface area contributed by atoms with Gasteiger partial charge in [-0.15, -0.1) is 0 Å². The van der Waals surface area contributed by atoms with Crippen LogP contribution < -0.4 is 10.5 Å². The Morgan fingerprint density at radius 3 is 2.66 bits per heavy atom. The van der Waals surface area contributed by atoms with E-state index in [0.29, 0.717) is 22.2 Å². The largest absolute Gasteiger partial charge is 0.481 e. The summed E-state index contributed by atoms with van der Waals surface area (Å²) in [6.07, 6.45) is 1.51. The highest BCUT2D eigenvalue weighted by Crippen LogP contribution is 2.36. The number of nitrogens with one attached hydrogen (secondary N) is 1. The highest BCUT2D eigenvalue weighted by molar-refractivity contribution is 5.96. The van der Waals surface area contributed by atoms with E-state index in [2.05, 4.69) is 15.0 Å². The molecule has 0 saturated heterocycles. The molecule has 1 amide bonds. The van der Waals surface area contributed by atoms with Crippen molar-refractivity contribution in [3.8, 4) is 28.1 Å². The number of nitrogens with two attached hydrogens (primary N) is 1. The third-order valence-electron chi connectivity index (χ3n) is 4.80. The van der Waals surface area contributed by atoms with Crippen molar-refractivity contribution in [1.29, 1.82) is 0 Å². The van der Waals surface area contributed by atoms with Gasteiger partial charge in [-0.25, -0.2) is 9.97 Å². The van der Waals surface area contributed by atoms with E-state index in [-0.39, 0.29) is 5.88 Å². The molecule has 0 atom stereocenters. The lowest BCUT2D eigenvalue weighted by molar-refractivity contribution is -0.141. The number of amides is 1. The molecule has 3 aromatic heterocycles. The van der Waals surface area contributed by atoms with E-state index in [0.717, 1.165) is 22.8 Å². The van der Waals surface area contributed by atoms with Crippen LogP contribution in [0.3, 0.4) is 0 Å². The van der Waals surface area contributed by atoms with Crippen LogP contribution in [0.5, 0.6) is 5.88 Å². The first-order chi connectivity index (χ1) is 15.2. The molecule has 0 radical (unpaired) electrons. The molecule has 0 saturated carbocycles. The van der Waals surface area contributed by atoms with E-state index < -0.39 is 17.8 Å². The average Bonchev–Trinajstić information content (AvgIpc) is 3.20. The Morgan fingerprint density at radius 1 is 1.12 bits per heavy atom. The van der Waals surface area contributed by atoms with Gasteiger partial charge in [-0.05, 0) is 41.0 Å². The molecule has 0 unspecified atom stereocenters. The first kappa shape index (κ1) is 21.1. The van der Waals surface area contributed by atoms with E-state index in [4.69, 9.17) is 10.5 Å². The predicted molar refractivity (Wildman–Crippen MR) is 115 cm³/mol. The molecule has 0 aliphatic heterocycles. The monoisotopic (exact) mass is 438 g/mol. The smallest absolute Gasteiger partial charge is 0.433 e. The number of alkyl halides is 3. The van der Waals surface area contributed by atoms with Gasteiger partial charge in [-0.2, -0.15) is 13.2 Å². The molecule has 0 spiro atoms. The van der Waals surface area contributed by atoms with Crippen LogP contribution >= 0.6 is 0 Å². The molecule has 3 N–H and O–H groups in total. The van der Waals surface area contributed by atoms with Gasteiger partial charge in [-0.1, -0.05) is 18.2 Å². The van der Waals surface area contributed by atoms with Gasteiger partial charge in [0.25, 0.3) is 0 Å². The molecule has 3 heterocycles. The third-order valence-corrected chi connectivity index (χ3v) is 4.80. The summed E-state index contributed by atoms with van der Waals surface area (Å²) in [5.74, 6) is -0.691. The van der Waals surface area contributed by atoms with Gasteiger partial charge in [0.15, 0.2) is 0 Å². The molecule has 0 bridgehead atoms. The van der Waals surface area contributed by atoms with Crippen molar-refractivity contribution in [2.75, 3.05) is 7.11 Å². The fourth-order valence-electron chi connectivity index (χ4n) is 3.31. The minimum Gasteiger partial charge on any atom is -0.481 e. The topological polar surface area (TPSA) is 93.9 Å². The normalized spacial score (nSPS) is 11.9. The number of carbonyl (C=O) groups is 1. The van der Waals surface area contributed by atoms with Gasteiger partial charge in [0.2, 0.25) is 11.8 Å². The summed E-state index contributed by atoms with van der Waals surface area (Å²) in [4.78, 5) is 21.9. The second-order valence-electron chi connectivity index (χ2n) is 6.96. The lowest BCUT2D eigenvalue weighted by Crippen LogP contribution is -2.08. The molecule has 4 rings (SSSR count). The molecule has 4 aromatic rings. The second kappa shape index (κ2) is 8.18. The molecule has 0 fully saturated rings. The quantitative estimate of drug-likeness (QED) is 0.437. The lowest BCUT2D eigenvalue weighted by Gasteiger charge is -2.10. The van der Waals surface area contributed by atoms with Gasteiger partial charge >= 0.3 is 6.18 Å². The van der Waals surface area contributed by atoms with Crippen LogP contribution in [0.1, 0.15) is 11.3 Å².